The maximum Gasteiger partial charge on any atom is 0.303 e. The Morgan fingerprint density at radius 3 is 2.96 bits per heavy atom. The molecule has 142 valence electrons. The van der Waals surface area contributed by atoms with Crippen LogP contribution in [0.1, 0.15) is 44.1 Å². The quantitative estimate of drug-likeness (QED) is 0.474. The summed E-state index contributed by atoms with van der Waals surface area (Å²) in [6.45, 7) is 0. The molecule has 1 aromatic heterocycles. The van der Waals surface area contributed by atoms with E-state index in [9.17, 15) is 9.90 Å². The van der Waals surface area contributed by atoms with Gasteiger partial charge in [-0.15, -0.1) is 0 Å². The Hall–Kier alpha value is -1.43. The normalized spacial score (nSPS) is 29.1. The van der Waals surface area contributed by atoms with Gasteiger partial charge in [0, 0.05) is 18.8 Å². The second-order valence-corrected chi connectivity index (χ2v) is 8.09. The summed E-state index contributed by atoms with van der Waals surface area (Å²) >= 11 is 1.66. The summed E-state index contributed by atoms with van der Waals surface area (Å²) in [5.74, 6) is 0.106. The van der Waals surface area contributed by atoms with Gasteiger partial charge >= 0.3 is 5.97 Å². The highest BCUT2D eigenvalue weighted by Crippen LogP contribution is 2.45. The molecular formula is C21H28O4S. The molecule has 0 aliphatic carbocycles. The molecule has 0 amide bonds. The highest BCUT2D eigenvalue weighted by molar-refractivity contribution is 7.07. The Morgan fingerprint density at radius 1 is 1.35 bits per heavy atom. The molecule has 26 heavy (non-hydrogen) atoms. The van der Waals surface area contributed by atoms with Crippen LogP contribution in [0.25, 0.3) is 0 Å². The fourth-order valence-corrected chi connectivity index (χ4v) is 4.79. The van der Waals surface area contributed by atoms with Gasteiger partial charge in [0.05, 0.1) is 18.3 Å². The summed E-state index contributed by atoms with van der Waals surface area (Å²) in [5, 5.41) is 23.1. The Balaban J connectivity index is 1.49. The first-order valence-electron chi connectivity index (χ1n) is 9.53. The summed E-state index contributed by atoms with van der Waals surface area (Å²) < 4.78 is 6.10. The molecule has 0 radical (unpaired) electrons. The number of hydrogen-bond acceptors (Lipinski definition) is 4. The van der Waals surface area contributed by atoms with Crippen LogP contribution in [0.2, 0.25) is 0 Å². The van der Waals surface area contributed by atoms with Crippen molar-refractivity contribution in [1.29, 1.82) is 0 Å². The van der Waals surface area contributed by atoms with Gasteiger partial charge in [-0.25, -0.2) is 0 Å². The largest absolute Gasteiger partial charge is 0.481 e. The minimum atomic E-state index is -0.730. The molecular weight excluding hydrogens is 348 g/mol. The fourth-order valence-electron chi connectivity index (χ4n) is 4.10. The highest BCUT2D eigenvalue weighted by Gasteiger charge is 2.46. The van der Waals surface area contributed by atoms with Crippen molar-refractivity contribution in [2.24, 2.45) is 11.8 Å². The smallest absolute Gasteiger partial charge is 0.303 e. The van der Waals surface area contributed by atoms with Gasteiger partial charge in [0.15, 0.2) is 0 Å². The van der Waals surface area contributed by atoms with Crippen molar-refractivity contribution in [3.8, 4) is 0 Å². The number of rotatable bonds is 10. The van der Waals surface area contributed by atoms with Crippen LogP contribution in [0.3, 0.4) is 0 Å². The third-order valence-electron chi connectivity index (χ3n) is 5.40. The van der Waals surface area contributed by atoms with Crippen LogP contribution in [0.15, 0.2) is 41.1 Å². The summed E-state index contributed by atoms with van der Waals surface area (Å²) in [5.41, 5.74) is 1.18. The van der Waals surface area contributed by atoms with Crippen molar-refractivity contribution >= 4 is 17.3 Å². The van der Waals surface area contributed by atoms with E-state index < -0.39 is 12.1 Å². The number of thiophene rings is 1. The molecule has 2 saturated heterocycles. The van der Waals surface area contributed by atoms with Crippen LogP contribution in [-0.2, 0) is 16.0 Å². The Labute approximate surface area is 159 Å². The standard InChI is InChI=1S/C21H28O4S/c22-16(13-15-11-12-26-14-15)7-8-18-17(19-9-10-20(18)25-19)5-3-1-2-4-6-21(23)24/h1,3,7-8,11-12,14,16-20,22H,2,4-6,9-10,13H2,(H,23,24)/t16?,17-,18-,19+,20-/m0/s1. The third-order valence-corrected chi connectivity index (χ3v) is 6.14. The van der Waals surface area contributed by atoms with E-state index in [4.69, 9.17) is 9.84 Å². The number of unbranched alkanes of at least 4 members (excludes halogenated alkanes) is 1. The first-order chi connectivity index (χ1) is 12.6. The predicted octanol–water partition coefficient (Wildman–Crippen LogP) is 4.20. The molecule has 0 spiro atoms. The summed E-state index contributed by atoms with van der Waals surface area (Å²) in [4.78, 5) is 10.5. The third kappa shape index (κ3) is 5.29. The molecule has 5 atom stereocenters. The molecule has 3 rings (SSSR count). The van der Waals surface area contributed by atoms with E-state index in [0.29, 0.717) is 30.8 Å². The summed E-state index contributed by atoms with van der Waals surface area (Å²) in [6.07, 6.45) is 14.2. The van der Waals surface area contributed by atoms with E-state index >= 15 is 0 Å². The highest BCUT2D eigenvalue weighted by atomic mass is 32.1. The molecule has 2 fully saturated rings. The Bertz CT molecular complexity index is 622. The van der Waals surface area contributed by atoms with Gasteiger partial charge in [-0.2, -0.15) is 11.3 Å². The lowest BCUT2D eigenvalue weighted by molar-refractivity contribution is -0.137. The monoisotopic (exact) mass is 376 g/mol. The summed E-state index contributed by atoms with van der Waals surface area (Å²) in [7, 11) is 0. The zero-order valence-corrected chi connectivity index (χ0v) is 15.8. The Morgan fingerprint density at radius 2 is 2.19 bits per heavy atom. The van der Waals surface area contributed by atoms with E-state index in [1.807, 2.05) is 11.5 Å². The lowest BCUT2D eigenvalue weighted by atomic mass is 9.77. The maximum absolute atomic E-state index is 10.5. The predicted molar refractivity (Wildman–Crippen MR) is 103 cm³/mol. The van der Waals surface area contributed by atoms with E-state index in [1.165, 1.54) is 5.56 Å². The zero-order valence-electron chi connectivity index (χ0n) is 15.0. The van der Waals surface area contributed by atoms with Gasteiger partial charge in [0.2, 0.25) is 0 Å². The first kappa shape index (κ1) is 19.3. The van der Waals surface area contributed by atoms with E-state index in [1.54, 1.807) is 11.3 Å². The zero-order chi connectivity index (χ0) is 18.4. The number of hydrogen-bond donors (Lipinski definition) is 2. The van der Waals surface area contributed by atoms with E-state index in [2.05, 4.69) is 29.7 Å². The average molecular weight is 377 g/mol. The number of aliphatic hydroxyl groups excluding tert-OH is 1. The van der Waals surface area contributed by atoms with Crippen molar-refractivity contribution in [2.45, 2.75) is 63.3 Å². The van der Waals surface area contributed by atoms with Crippen molar-refractivity contribution in [1.82, 2.24) is 0 Å². The number of fused-ring (bicyclic) bond motifs is 2. The molecule has 1 unspecified atom stereocenters. The molecule has 2 aliphatic rings. The van der Waals surface area contributed by atoms with Gasteiger partial charge < -0.3 is 14.9 Å². The lowest BCUT2D eigenvalue weighted by Gasteiger charge is -2.25. The van der Waals surface area contributed by atoms with Gasteiger partial charge in [-0.3, -0.25) is 4.79 Å². The molecule has 2 bridgehead atoms. The number of carboxylic acid groups (broad SMARTS) is 1. The fraction of sp³-hybridized carbons (Fsp3) is 0.571. The number of ether oxygens (including phenoxy) is 1. The summed E-state index contributed by atoms with van der Waals surface area (Å²) in [6, 6.07) is 2.06. The lowest BCUT2D eigenvalue weighted by Crippen LogP contribution is -2.25. The van der Waals surface area contributed by atoms with Crippen molar-refractivity contribution in [3.63, 3.8) is 0 Å². The van der Waals surface area contributed by atoms with Crippen LogP contribution in [0.5, 0.6) is 0 Å². The molecule has 2 aliphatic heterocycles. The second kappa shape index (κ2) is 9.49. The van der Waals surface area contributed by atoms with Crippen molar-refractivity contribution in [3.05, 3.63) is 46.7 Å². The molecule has 0 saturated carbocycles. The van der Waals surface area contributed by atoms with E-state index in [-0.39, 0.29) is 12.5 Å². The number of carbonyl (C=O) groups is 1. The SMILES string of the molecule is O=C(O)CCCC=CC[C@H]1[C@H](C=CC(O)Cc2ccsc2)[C@@H]2CC[C@H]1O2. The van der Waals surface area contributed by atoms with Crippen LogP contribution in [0.4, 0.5) is 0 Å². The van der Waals surface area contributed by atoms with Gasteiger partial charge in [-0.05, 0) is 60.4 Å². The number of aliphatic carboxylic acids is 1. The topological polar surface area (TPSA) is 66.8 Å². The molecule has 2 N–H and O–H groups in total. The van der Waals surface area contributed by atoms with Crippen LogP contribution < -0.4 is 0 Å². The molecule has 5 heteroatoms. The first-order valence-corrected chi connectivity index (χ1v) is 10.5. The van der Waals surface area contributed by atoms with Gasteiger partial charge in [0.1, 0.15) is 0 Å². The van der Waals surface area contributed by atoms with Crippen LogP contribution in [0, 0.1) is 11.8 Å². The van der Waals surface area contributed by atoms with Crippen LogP contribution >= 0.6 is 11.3 Å². The average Bonchev–Trinajstić information content (AvgIpc) is 3.33. The molecule has 4 nitrogen and oxygen atoms in total. The van der Waals surface area contributed by atoms with E-state index in [0.717, 1.165) is 25.7 Å². The van der Waals surface area contributed by atoms with Gasteiger partial charge in [0.25, 0.3) is 0 Å². The second-order valence-electron chi connectivity index (χ2n) is 7.31. The minimum Gasteiger partial charge on any atom is -0.481 e. The van der Waals surface area contributed by atoms with Crippen molar-refractivity contribution < 1.29 is 19.7 Å². The minimum absolute atomic E-state index is 0.231. The number of allylic oxidation sites excluding steroid dienone is 2. The Kier molecular flexibility index (Phi) is 7.06. The van der Waals surface area contributed by atoms with Crippen LogP contribution in [-0.4, -0.2) is 34.5 Å². The molecule has 3 heterocycles. The molecule has 1 aromatic rings. The molecule has 0 aromatic carbocycles. The number of carboxylic acids is 1. The van der Waals surface area contributed by atoms with Gasteiger partial charge in [-0.1, -0.05) is 24.3 Å². The van der Waals surface area contributed by atoms with Crippen molar-refractivity contribution in [2.75, 3.05) is 0 Å². The maximum atomic E-state index is 10.5. The number of aliphatic hydroxyl groups is 1.